The Kier molecular flexibility index (Phi) is 6.25. The van der Waals surface area contributed by atoms with E-state index in [9.17, 15) is 4.79 Å². The number of thioether (sulfide) groups is 1. The van der Waals surface area contributed by atoms with E-state index >= 15 is 0 Å². The van der Waals surface area contributed by atoms with E-state index in [4.69, 9.17) is 23.2 Å². The largest absolute Gasteiger partial charge is 0.324 e. The lowest BCUT2D eigenvalue weighted by Gasteiger charge is -2.11. The van der Waals surface area contributed by atoms with Crippen molar-refractivity contribution >= 4 is 46.6 Å². The number of hydrogen-bond acceptors (Lipinski definition) is 4. The molecule has 2 aromatic rings. The van der Waals surface area contributed by atoms with E-state index in [1.165, 1.54) is 37.4 Å². The number of H-pyrrole nitrogens is 1. The number of nitrogens with one attached hydrogen (secondary N) is 2. The Morgan fingerprint density at radius 2 is 2.16 bits per heavy atom. The summed E-state index contributed by atoms with van der Waals surface area (Å²) in [5.41, 5.74) is 0.542. The number of aromatic nitrogens is 3. The number of hydrogen-bond donors (Lipinski definition) is 2. The average molecular weight is 399 g/mol. The van der Waals surface area contributed by atoms with Gasteiger partial charge in [-0.15, -0.1) is 5.10 Å². The molecule has 3 rings (SSSR count). The van der Waals surface area contributed by atoms with Crippen LogP contribution in [0.25, 0.3) is 0 Å². The van der Waals surface area contributed by atoms with E-state index in [1.54, 1.807) is 18.2 Å². The van der Waals surface area contributed by atoms with Gasteiger partial charge in [-0.3, -0.25) is 9.89 Å². The molecule has 2 N–H and O–H groups in total. The number of anilines is 1. The average Bonchev–Trinajstić information content (AvgIpc) is 3.22. The molecule has 8 heteroatoms. The molecule has 1 aromatic carbocycles. The summed E-state index contributed by atoms with van der Waals surface area (Å²) in [5, 5.41) is 11.2. The summed E-state index contributed by atoms with van der Waals surface area (Å²) in [6, 6.07) is 4.97. The van der Waals surface area contributed by atoms with Crippen LogP contribution in [-0.2, 0) is 11.2 Å². The third-order valence-corrected chi connectivity index (χ3v) is 5.82. The van der Waals surface area contributed by atoms with Crippen molar-refractivity contribution < 1.29 is 4.79 Å². The van der Waals surface area contributed by atoms with Gasteiger partial charge in [0.05, 0.1) is 16.0 Å². The summed E-state index contributed by atoms with van der Waals surface area (Å²) in [6.07, 6.45) is 6.10. The summed E-state index contributed by atoms with van der Waals surface area (Å²) >= 11 is 13.3. The minimum atomic E-state index is -0.345. The number of rotatable bonds is 6. The van der Waals surface area contributed by atoms with Gasteiger partial charge in [0, 0.05) is 11.4 Å². The van der Waals surface area contributed by atoms with Gasteiger partial charge >= 0.3 is 0 Å². The molecule has 0 radical (unpaired) electrons. The molecule has 0 unspecified atom stereocenters. The van der Waals surface area contributed by atoms with E-state index < -0.39 is 0 Å². The first-order chi connectivity index (χ1) is 12.0. The van der Waals surface area contributed by atoms with E-state index in [-0.39, 0.29) is 11.2 Å². The Morgan fingerprint density at radius 1 is 1.40 bits per heavy atom. The smallest absolute Gasteiger partial charge is 0.237 e. The van der Waals surface area contributed by atoms with Crippen LogP contribution in [-0.4, -0.2) is 26.3 Å². The van der Waals surface area contributed by atoms with Gasteiger partial charge in [-0.2, -0.15) is 0 Å². The van der Waals surface area contributed by atoms with Crippen LogP contribution in [0.4, 0.5) is 5.69 Å². The maximum Gasteiger partial charge on any atom is 0.237 e. The highest BCUT2D eigenvalue weighted by Gasteiger charge is 2.20. The highest BCUT2D eigenvalue weighted by atomic mass is 35.5. The molecule has 1 aliphatic carbocycles. The predicted molar refractivity (Wildman–Crippen MR) is 102 cm³/mol. The van der Waals surface area contributed by atoms with E-state index in [0.717, 1.165) is 12.2 Å². The zero-order valence-corrected chi connectivity index (χ0v) is 16.2. The van der Waals surface area contributed by atoms with Crippen LogP contribution >= 0.6 is 35.0 Å². The molecule has 1 heterocycles. The fourth-order valence-corrected chi connectivity index (χ4v) is 4.15. The first-order valence-electron chi connectivity index (χ1n) is 8.35. The summed E-state index contributed by atoms with van der Waals surface area (Å²) < 4.78 is 0. The van der Waals surface area contributed by atoms with Gasteiger partial charge in [0.15, 0.2) is 0 Å². The van der Waals surface area contributed by atoms with Crippen molar-refractivity contribution in [2.45, 2.75) is 49.4 Å². The van der Waals surface area contributed by atoms with Gasteiger partial charge in [0.25, 0.3) is 0 Å². The van der Waals surface area contributed by atoms with E-state index in [1.807, 2.05) is 6.92 Å². The second-order valence-electron chi connectivity index (χ2n) is 6.29. The monoisotopic (exact) mass is 398 g/mol. The van der Waals surface area contributed by atoms with Crippen LogP contribution in [0.5, 0.6) is 0 Å². The topological polar surface area (TPSA) is 70.7 Å². The molecule has 0 spiro atoms. The molecular formula is C17H20Cl2N4OS. The molecule has 5 nitrogen and oxygen atoms in total. The lowest BCUT2D eigenvalue weighted by Crippen LogP contribution is -2.22. The Hall–Kier alpha value is -1.24. The molecule has 25 heavy (non-hydrogen) atoms. The lowest BCUT2D eigenvalue weighted by atomic mass is 10.0. The second kappa shape index (κ2) is 8.43. The summed E-state index contributed by atoms with van der Waals surface area (Å²) in [5.74, 6) is 1.46. The molecule has 1 fully saturated rings. The van der Waals surface area contributed by atoms with Gasteiger partial charge in [0.2, 0.25) is 11.1 Å². The second-order valence-corrected chi connectivity index (χ2v) is 8.44. The lowest BCUT2D eigenvalue weighted by molar-refractivity contribution is -0.115. The van der Waals surface area contributed by atoms with Crippen molar-refractivity contribution in [2.24, 2.45) is 5.92 Å². The molecule has 0 saturated heterocycles. The Morgan fingerprint density at radius 3 is 2.88 bits per heavy atom. The number of carbonyl (C=O) groups excluding carboxylic acids is 1. The van der Waals surface area contributed by atoms with Crippen LogP contribution < -0.4 is 5.32 Å². The molecule has 1 aromatic heterocycles. The SMILES string of the molecule is C[C@@H](Sc1n[nH]c(CC2CCCC2)n1)C(=O)Nc1ccc(Cl)cc1Cl. The van der Waals surface area contributed by atoms with Crippen molar-refractivity contribution in [2.75, 3.05) is 5.32 Å². The van der Waals surface area contributed by atoms with Crippen LogP contribution in [0.3, 0.4) is 0 Å². The minimum Gasteiger partial charge on any atom is -0.324 e. The Labute approximate surface area is 161 Å². The number of halogens is 2. The summed E-state index contributed by atoms with van der Waals surface area (Å²) in [4.78, 5) is 16.9. The molecule has 0 aliphatic heterocycles. The van der Waals surface area contributed by atoms with E-state index in [0.29, 0.717) is 26.8 Å². The highest BCUT2D eigenvalue weighted by Crippen LogP contribution is 2.29. The van der Waals surface area contributed by atoms with Crippen molar-refractivity contribution in [1.82, 2.24) is 15.2 Å². The molecule has 1 aliphatic rings. The first kappa shape index (κ1) is 18.5. The summed E-state index contributed by atoms with van der Waals surface area (Å²) in [7, 11) is 0. The van der Waals surface area contributed by atoms with Crippen LogP contribution in [0.15, 0.2) is 23.4 Å². The first-order valence-corrected chi connectivity index (χ1v) is 9.98. The minimum absolute atomic E-state index is 0.156. The van der Waals surface area contributed by atoms with Gasteiger partial charge < -0.3 is 5.32 Å². The van der Waals surface area contributed by atoms with Crippen molar-refractivity contribution in [3.63, 3.8) is 0 Å². The zero-order chi connectivity index (χ0) is 17.8. The highest BCUT2D eigenvalue weighted by molar-refractivity contribution is 8.00. The third kappa shape index (κ3) is 5.12. The van der Waals surface area contributed by atoms with Crippen LogP contribution in [0.2, 0.25) is 10.0 Å². The van der Waals surface area contributed by atoms with Gasteiger partial charge in [-0.1, -0.05) is 60.6 Å². The number of carbonyl (C=O) groups is 1. The normalized spacial score (nSPS) is 16.1. The van der Waals surface area contributed by atoms with Crippen molar-refractivity contribution in [3.8, 4) is 0 Å². The van der Waals surface area contributed by atoms with Crippen molar-refractivity contribution in [3.05, 3.63) is 34.1 Å². The number of amides is 1. The molecule has 1 saturated carbocycles. The molecule has 0 bridgehead atoms. The third-order valence-electron chi connectivity index (χ3n) is 4.31. The maximum absolute atomic E-state index is 12.4. The molecule has 1 amide bonds. The molecule has 1 atom stereocenters. The quantitative estimate of drug-likeness (QED) is 0.674. The number of aromatic amines is 1. The Bertz CT molecular complexity index is 746. The molecular weight excluding hydrogens is 379 g/mol. The number of nitrogens with zero attached hydrogens (tertiary/aromatic N) is 2. The standard InChI is InChI=1S/C17H20Cl2N4OS/c1-10(16(24)20-14-7-6-12(18)9-13(14)19)25-17-21-15(22-23-17)8-11-4-2-3-5-11/h6-7,9-11H,2-5,8H2,1H3,(H,20,24)(H,21,22,23)/t10-/m1/s1. The van der Waals surface area contributed by atoms with Gasteiger partial charge in [0.1, 0.15) is 5.82 Å². The van der Waals surface area contributed by atoms with Crippen molar-refractivity contribution in [1.29, 1.82) is 0 Å². The van der Waals surface area contributed by atoms with E-state index in [2.05, 4.69) is 20.5 Å². The van der Waals surface area contributed by atoms with Gasteiger partial charge in [-0.05, 0) is 31.0 Å². The van der Waals surface area contributed by atoms with Crippen LogP contribution in [0.1, 0.15) is 38.4 Å². The zero-order valence-electron chi connectivity index (χ0n) is 13.9. The number of benzene rings is 1. The van der Waals surface area contributed by atoms with Crippen LogP contribution in [0, 0.1) is 5.92 Å². The predicted octanol–water partition coefficient (Wildman–Crippen LogP) is 4.96. The Balaban J connectivity index is 1.55. The fourth-order valence-electron chi connectivity index (χ4n) is 2.95. The summed E-state index contributed by atoms with van der Waals surface area (Å²) in [6.45, 7) is 1.82. The molecule has 134 valence electrons. The fraction of sp³-hybridized carbons (Fsp3) is 0.471. The maximum atomic E-state index is 12.4. The van der Waals surface area contributed by atoms with Gasteiger partial charge in [-0.25, -0.2) is 4.98 Å².